The number of nitrogens with one attached hydrogen (secondary N) is 1. The number of aryl methyl sites for hydroxylation is 1. The van der Waals surface area contributed by atoms with Crippen molar-refractivity contribution in [2.45, 2.75) is 25.8 Å². The normalized spacial score (nSPS) is 11.8. The van der Waals surface area contributed by atoms with Crippen molar-refractivity contribution in [3.63, 3.8) is 0 Å². The summed E-state index contributed by atoms with van der Waals surface area (Å²) < 4.78 is 7.43. The highest BCUT2D eigenvalue weighted by atomic mass is 16.5. The van der Waals surface area contributed by atoms with Crippen LogP contribution < -0.4 is 16.6 Å². The van der Waals surface area contributed by atoms with Gasteiger partial charge in [0.05, 0.1) is 6.61 Å². The minimum Gasteiger partial charge on any atom is -0.464 e. The van der Waals surface area contributed by atoms with Gasteiger partial charge in [-0.2, -0.15) is 0 Å². The Balaban J connectivity index is 2.23. The third-order valence-corrected chi connectivity index (χ3v) is 3.98. The molecule has 1 aromatic heterocycles. The van der Waals surface area contributed by atoms with Crippen LogP contribution in [-0.4, -0.2) is 27.8 Å². The van der Waals surface area contributed by atoms with Gasteiger partial charge in [0.1, 0.15) is 11.9 Å². The topological polar surface area (TPSA) is 82.3 Å². The molecule has 0 saturated heterocycles. The smallest absolute Gasteiger partial charge is 0.332 e. The van der Waals surface area contributed by atoms with Gasteiger partial charge in [-0.05, 0) is 25.3 Å². The zero-order valence-corrected chi connectivity index (χ0v) is 14.7. The van der Waals surface area contributed by atoms with Gasteiger partial charge < -0.3 is 10.1 Å². The lowest BCUT2D eigenvalue weighted by molar-refractivity contribution is -0.144. The quantitative estimate of drug-likeness (QED) is 0.759. The molecule has 25 heavy (non-hydrogen) atoms. The summed E-state index contributed by atoms with van der Waals surface area (Å²) >= 11 is 0. The van der Waals surface area contributed by atoms with E-state index in [1.807, 2.05) is 30.3 Å². The van der Waals surface area contributed by atoms with Gasteiger partial charge >= 0.3 is 11.7 Å². The van der Waals surface area contributed by atoms with Crippen molar-refractivity contribution in [1.82, 2.24) is 9.13 Å². The van der Waals surface area contributed by atoms with Crippen LogP contribution in [0.15, 0.2) is 46.0 Å². The second-order valence-electron chi connectivity index (χ2n) is 5.74. The summed E-state index contributed by atoms with van der Waals surface area (Å²) in [5, 5.41) is 2.99. The van der Waals surface area contributed by atoms with Crippen molar-refractivity contribution in [2.24, 2.45) is 14.1 Å². The van der Waals surface area contributed by atoms with Gasteiger partial charge in [-0.1, -0.05) is 30.3 Å². The molecule has 0 aliphatic carbocycles. The van der Waals surface area contributed by atoms with Gasteiger partial charge in [-0.25, -0.2) is 9.59 Å². The predicted octanol–water partition coefficient (Wildman–Crippen LogP) is 1.06. The molecule has 0 amide bonds. The molecule has 7 nitrogen and oxygen atoms in total. The van der Waals surface area contributed by atoms with Crippen LogP contribution in [-0.2, 0) is 30.0 Å². The summed E-state index contributed by atoms with van der Waals surface area (Å²) in [6.07, 6.45) is 1.14. The standard InChI is InChI=1S/C18H23N3O4/c1-4-25-17(23)14(11-10-13-8-6-5-7-9-13)19-15-12-16(22)21(3)18(24)20(15)2/h5-9,12,14,19H,4,10-11H2,1-3H3/t14-/m1/s1. The van der Waals surface area contributed by atoms with E-state index in [1.54, 1.807) is 14.0 Å². The van der Waals surface area contributed by atoms with Crippen LogP contribution in [0.5, 0.6) is 0 Å². The monoisotopic (exact) mass is 345 g/mol. The molecule has 0 fully saturated rings. The Morgan fingerprint density at radius 2 is 1.84 bits per heavy atom. The molecular weight excluding hydrogens is 322 g/mol. The highest BCUT2D eigenvalue weighted by molar-refractivity contribution is 5.78. The zero-order chi connectivity index (χ0) is 18.4. The van der Waals surface area contributed by atoms with Crippen LogP contribution in [0.3, 0.4) is 0 Å². The van der Waals surface area contributed by atoms with E-state index in [1.165, 1.54) is 17.7 Å². The van der Waals surface area contributed by atoms with Crippen molar-refractivity contribution in [2.75, 3.05) is 11.9 Å². The minimum atomic E-state index is -0.655. The molecule has 0 aliphatic heterocycles. The summed E-state index contributed by atoms with van der Waals surface area (Å²) in [5.41, 5.74) is 0.202. The van der Waals surface area contributed by atoms with Gasteiger partial charge in [-0.15, -0.1) is 0 Å². The Hall–Kier alpha value is -2.83. The van der Waals surface area contributed by atoms with Crippen LogP contribution in [0.4, 0.5) is 5.82 Å². The molecule has 2 aromatic rings. The zero-order valence-electron chi connectivity index (χ0n) is 14.7. The second-order valence-corrected chi connectivity index (χ2v) is 5.74. The Kier molecular flexibility index (Phi) is 6.16. The molecule has 0 aliphatic rings. The average Bonchev–Trinajstić information content (AvgIpc) is 2.62. The van der Waals surface area contributed by atoms with E-state index in [-0.39, 0.29) is 6.61 Å². The van der Waals surface area contributed by atoms with Crippen LogP contribution in [0.1, 0.15) is 18.9 Å². The predicted molar refractivity (Wildman–Crippen MR) is 95.7 cm³/mol. The highest BCUT2D eigenvalue weighted by Crippen LogP contribution is 2.11. The Bertz CT molecular complexity index is 840. The molecule has 1 heterocycles. The van der Waals surface area contributed by atoms with E-state index in [2.05, 4.69) is 5.32 Å². The molecule has 1 atom stereocenters. The number of hydrogen-bond donors (Lipinski definition) is 1. The molecule has 1 aromatic carbocycles. The van der Waals surface area contributed by atoms with E-state index < -0.39 is 23.3 Å². The fourth-order valence-electron chi connectivity index (χ4n) is 2.50. The van der Waals surface area contributed by atoms with Crippen molar-refractivity contribution in [1.29, 1.82) is 0 Å². The number of rotatable bonds is 7. The molecule has 0 saturated carbocycles. The first kappa shape index (κ1) is 18.5. The molecule has 0 radical (unpaired) electrons. The second kappa shape index (κ2) is 8.32. The largest absolute Gasteiger partial charge is 0.464 e. The number of carbonyl (C=O) groups is 1. The first-order valence-corrected chi connectivity index (χ1v) is 8.18. The number of hydrogen-bond acceptors (Lipinski definition) is 5. The summed E-state index contributed by atoms with van der Waals surface area (Å²) in [6.45, 7) is 2.00. The van der Waals surface area contributed by atoms with Crippen LogP contribution in [0, 0.1) is 0 Å². The number of nitrogens with zero attached hydrogens (tertiary/aromatic N) is 2. The Morgan fingerprint density at radius 3 is 2.48 bits per heavy atom. The third-order valence-electron chi connectivity index (χ3n) is 3.98. The maximum atomic E-state index is 12.3. The van der Waals surface area contributed by atoms with E-state index in [4.69, 9.17) is 4.74 Å². The van der Waals surface area contributed by atoms with Gasteiger partial charge in [0.25, 0.3) is 5.56 Å². The lowest BCUT2D eigenvalue weighted by Crippen LogP contribution is -2.40. The third kappa shape index (κ3) is 4.59. The number of benzene rings is 1. The van der Waals surface area contributed by atoms with Crippen LogP contribution >= 0.6 is 0 Å². The summed E-state index contributed by atoms with van der Waals surface area (Å²) in [6, 6.07) is 10.4. The molecule has 0 unspecified atom stereocenters. The van der Waals surface area contributed by atoms with E-state index >= 15 is 0 Å². The lowest BCUT2D eigenvalue weighted by Gasteiger charge is -2.20. The minimum absolute atomic E-state index is 0.262. The summed E-state index contributed by atoms with van der Waals surface area (Å²) in [5.74, 6) is -0.120. The average molecular weight is 345 g/mol. The molecule has 0 bridgehead atoms. The summed E-state index contributed by atoms with van der Waals surface area (Å²) in [4.78, 5) is 36.2. The molecule has 0 spiro atoms. The molecule has 2 rings (SSSR count). The van der Waals surface area contributed by atoms with Crippen LogP contribution in [0.25, 0.3) is 0 Å². The Labute approximate surface area is 145 Å². The van der Waals surface area contributed by atoms with E-state index in [0.717, 1.165) is 10.1 Å². The van der Waals surface area contributed by atoms with Gasteiger partial charge in [0, 0.05) is 20.2 Å². The first-order valence-electron chi connectivity index (χ1n) is 8.18. The maximum Gasteiger partial charge on any atom is 0.332 e. The molecule has 134 valence electrons. The fraction of sp³-hybridized carbons (Fsp3) is 0.389. The number of carbonyl (C=O) groups excluding carboxylic acids is 1. The van der Waals surface area contributed by atoms with Gasteiger partial charge in [0.2, 0.25) is 0 Å². The van der Waals surface area contributed by atoms with Crippen LogP contribution in [0.2, 0.25) is 0 Å². The lowest BCUT2D eigenvalue weighted by atomic mass is 10.1. The van der Waals surface area contributed by atoms with Crippen molar-refractivity contribution < 1.29 is 9.53 Å². The SMILES string of the molecule is CCOC(=O)[C@@H](CCc1ccccc1)Nc1cc(=O)n(C)c(=O)n1C. The highest BCUT2D eigenvalue weighted by Gasteiger charge is 2.21. The fourth-order valence-corrected chi connectivity index (χ4v) is 2.50. The van der Waals surface area contributed by atoms with Gasteiger partial charge in [-0.3, -0.25) is 13.9 Å². The molecule has 7 heteroatoms. The van der Waals surface area contributed by atoms with Gasteiger partial charge in [0.15, 0.2) is 0 Å². The number of anilines is 1. The number of aromatic nitrogens is 2. The van der Waals surface area contributed by atoms with Crippen molar-refractivity contribution in [3.05, 3.63) is 62.8 Å². The van der Waals surface area contributed by atoms with Crippen molar-refractivity contribution >= 4 is 11.8 Å². The maximum absolute atomic E-state index is 12.3. The van der Waals surface area contributed by atoms with E-state index in [0.29, 0.717) is 18.7 Å². The Morgan fingerprint density at radius 1 is 1.16 bits per heavy atom. The van der Waals surface area contributed by atoms with E-state index in [9.17, 15) is 14.4 Å². The summed E-state index contributed by atoms with van der Waals surface area (Å²) in [7, 11) is 2.95. The molecular formula is C18H23N3O4. The van der Waals surface area contributed by atoms with Crippen molar-refractivity contribution in [3.8, 4) is 0 Å². The first-order chi connectivity index (χ1) is 11.9. The number of ether oxygens (including phenoxy) is 1. The molecule has 1 N–H and O–H groups in total. The number of esters is 1.